The second-order valence-corrected chi connectivity index (χ2v) is 7.68. The van der Waals surface area contributed by atoms with Crippen molar-refractivity contribution >= 4 is 17.7 Å². The lowest BCUT2D eigenvalue weighted by molar-refractivity contribution is -0.137. The zero-order valence-electron chi connectivity index (χ0n) is 16.7. The normalized spacial score (nSPS) is 16.1. The van der Waals surface area contributed by atoms with Gasteiger partial charge in [-0.25, -0.2) is 0 Å². The molecule has 0 saturated carbocycles. The van der Waals surface area contributed by atoms with Crippen LogP contribution in [0.1, 0.15) is 49.0 Å². The number of nitrogens with one attached hydrogen (secondary N) is 2. The van der Waals surface area contributed by atoms with Crippen LogP contribution in [0.25, 0.3) is 0 Å². The Morgan fingerprint density at radius 3 is 2.33 bits per heavy atom. The average molecular weight is 373 g/mol. The molecule has 2 N–H and O–H groups in total. The Kier molecular flexibility index (Phi) is 7.39. The molecular formula is C21H31N3O3. The molecule has 1 heterocycles. The van der Waals surface area contributed by atoms with Gasteiger partial charge in [0.2, 0.25) is 11.8 Å². The summed E-state index contributed by atoms with van der Waals surface area (Å²) in [6, 6.07) is 6.83. The van der Waals surface area contributed by atoms with Crippen molar-refractivity contribution in [1.82, 2.24) is 15.5 Å². The second-order valence-electron chi connectivity index (χ2n) is 7.68. The first kappa shape index (κ1) is 20.9. The SMILES string of the molecule is CNC(=O)C1CCN(C(=O)C(CC(C)C)NC(=O)c2ccccc2C)CC1. The lowest BCUT2D eigenvalue weighted by atomic mass is 9.94. The van der Waals surface area contributed by atoms with Crippen LogP contribution >= 0.6 is 0 Å². The molecule has 1 aliphatic rings. The largest absolute Gasteiger partial charge is 0.359 e. The van der Waals surface area contributed by atoms with Crippen LogP contribution in [-0.4, -0.2) is 48.8 Å². The van der Waals surface area contributed by atoms with Gasteiger partial charge in [-0.3, -0.25) is 14.4 Å². The van der Waals surface area contributed by atoms with Crippen molar-refractivity contribution in [2.45, 2.75) is 46.1 Å². The molecule has 148 valence electrons. The Morgan fingerprint density at radius 2 is 1.78 bits per heavy atom. The topological polar surface area (TPSA) is 78.5 Å². The number of aryl methyl sites for hydroxylation is 1. The van der Waals surface area contributed by atoms with Gasteiger partial charge < -0.3 is 15.5 Å². The first-order chi connectivity index (χ1) is 12.8. The third kappa shape index (κ3) is 5.55. The van der Waals surface area contributed by atoms with E-state index in [0.717, 1.165) is 5.56 Å². The molecule has 1 atom stereocenters. The predicted molar refractivity (Wildman–Crippen MR) is 105 cm³/mol. The summed E-state index contributed by atoms with van der Waals surface area (Å²) in [5, 5.41) is 5.62. The van der Waals surface area contributed by atoms with Gasteiger partial charge in [-0.05, 0) is 43.7 Å². The molecule has 0 spiro atoms. The number of piperidine rings is 1. The highest BCUT2D eigenvalue weighted by molar-refractivity contribution is 5.98. The quantitative estimate of drug-likeness (QED) is 0.802. The number of benzene rings is 1. The minimum Gasteiger partial charge on any atom is -0.359 e. The standard InChI is InChI=1S/C21H31N3O3/c1-14(2)13-18(23-20(26)17-8-6-5-7-15(17)3)21(27)24-11-9-16(10-12-24)19(25)22-4/h5-8,14,16,18H,9-13H2,1-4H3,(H,22,25)(H,23,26). The highest BCUT2D eigenvalue weighted by Gasteiger charge is 2.31. The third-order valence-corrected chi connectivity index (χ3v) is 5.12. The number of carbonyl (C=O) groups is 3. The van der Waals surface area contributed by atoms with Gasteiger partial charge >= 0.3 is 0 Å². The van der Waals surface area contributed by atoms with Crippen molar-refractivity contribution in [3.63, 3.8) is 0 Å². The van der Waals surface area contributed by atoms with Crippen LogP contribution in [0.4, 0.5) is 0 Å². The van der Waals surface area contributed by atoms with Crippen molar-refractivity contribution in [1.29, 1.82) is 0 Å². The zero-order valence-corrected chi connectivity index (χ0v) is 16.7. The molecule has 0 aliphatic carbocycles. The fourth-order valence-electron chi connectivity index (χ4n) is 3.54. The maximum atomic E-state index is 13.0. The summed E-state index contributed by atoms with van der Waals surface area (Å²) in [4.78, 5) is 39.3. The van der Waals surface area contributed by atoms with Gasteiger partial charge in [0.15, 0.2) is 0 Å². The number of hydrogen-bond acceptors (Lipinski definition) is 3. The van der Waals surface area contributed by atoms with Crippen LogP contribution in [0, 0.1) is 18.8 Å². The minimum absolute atomic E-state index is 0.0358. The highest BCUT2D eigenvalue weighted by atomic mass is 16.2. The molecule has 27 heavy (non-hydrogen) atoms. The average Bonchev–Trinajstić information content (AvgIpc) is 2.66. The maximum Gasteiger partial charge on any atom is 0.252 e. The van der Waals surface area contributed by atoms with E-state index in [2.05, 4.69) is 10.6 Å². The third-order valence-electron chi connectivity index (χ3n) is 5.12. The van der Waals surface area contributed by atoms with Crippen LogP contribution in [-0.2, 0) is 9.59 Å². The lowest BCUT2D eigenvalue weighted by Gasteiger charge is -2.34. The van der Waals surface area contributed by atoms with E-state index in [0.29, 0.717) is 37.9 Å². The summed E-state index contributed by atoms with van der Waals surface area (Å²) in [7, 11) is 1.64. The van der Waals surface area contributed by atoms with E-state index in [-0.39, 0.29) is 29.6 Å². The Labute approximate surface area is 161 Å². The van der Waals surface area contributed by atoms with E-state index >= 15 is 0 Å². The number of carbonyl (C=O) groups excluding carboxylic acids is 3. The summed E-state index contributed by atoms with van der Waals surface area (Å²) in [5.41, 5.74) is 1.48. The van der Waals surface area contributed by atoms with Crippen LogP contribution in [0.15, 0.2) is 24.3 Å². The van der Waals surface area contributed by atoms with Crippen molar-refractivity contribution in [3.8, 4) is 0 Å². The molecule has 6 heteroatoms. The van der Waals surface area contributed by atoms with Gasteiger partial charge in [0.25, 0.3) is 5.91 Å². The summed E-state index contributed by atoms with van der Waals surface area (Å²) >= 11 is 0. The van der Waals surface area contributed by atoms with Gasteiger partial charge in [0.05, 0.1) is 0 Å². The molecule has 1 aliphatic heterocycles. The van der Waals surface area contributed by atoms with Gasteiger partial charge in [-0.1, -0.05) is 32.0 Å². The van der Waals surface area contributed by atoms with Crippen molar-refractivity contribution in [2.75, 3.05) is 20.1 Å². The van der Waals surface area contributed by atoms with E-state index in [9.17, 15) is 14.4 Å². The van der Waals surface area contributed by atoms with Crippen LogP contribution in [0.5, 0.6) is 0 Å². The molecule has 6 nitrogen and oxygen atoms in total. The van der Waals surface area contributed by atoms with Crippen molar-refractivity contribution in [3.05, 3.63) is 35.4 Å². The molecule has 1 aromatic rings. The molecule has 2 rings (SSSR count). The van der Waals surface area contributed by atoms with E-state index in [4.69, 9.17) is 0 Å². The van der Waals surface area contributed by atoms with Gasteiger partial charge in [-0.2, -0.15) is 0 Å². The number of likely N-dealkylation sites (tertiary alicyclic amines) is 1. The molecule has 1 fully saturated rings. The van der Waals surface area contributed by atoms with Crippen LogP contribution in [0.2, 0.25) is 0 Å². The van der Waals surface area contributed by atoms with Gasteiger partial charge in [0.1, 0.15) is 6.04 Å². The van der Waals surface area contributed by atoms with E-state index < -0.39 is 6.04 Å². The van der Waals surface area contributed by atoms with Crippen molar-refractivity contribution in [2.24, 2.45) is 11.8 Å². The molecule has 1 unspecified atom stereocenters. The Morgan fingerprint density at radius 1 is 1.15 bits per heavy atom. The molecule has 0 radical (unpaired) electrons. The maximum absolute atomic E-state index is 13.0. The Balaban J connectivity index is 2.05. The smallest absolute Gasteiger partial charge is 0.252 e. The van der Waals surface area contributed by atoms with Crippen LogP contribution in [0.3, 0.4) is 0 Å². The van der Waals surface area contributed by atoms with E-state index in [1.54, 1.807) is 18.0 Å². The Hall–Kier alpha value is -2.37. The summed E-state index contributed by atoms with van der Waals surface area (Å²) in [5.74, 6) is 0.00529. The lowest BCUT2D eigenvalue weighted by Crippen LogP contribution is -2.52. The number of hydrogen-bond donors (Lipinski definition) is 2. The first-order valence-electron chi connectivity index (χ1n) is 9.70. The predicted octanol–water partition coefficient (Wildman–Crippen LogP) is 2.12. The fourth-order valence-corrected chi connectivity index (χ4v) is 3.54. The second kappa shape index (κ2) is 9.53. The minimum atomic E-state index is -0.548. The summed E-state index contributed by atoms with van der Waals surface area (Å²) in [6.07, 6.45) is 1.91. The van der Waals surface area contributed by atoms with Gasteiger partial charge in [-0.15, -0.1) is 0 Å². The number of amides is 3. The first-order valence-corrected chi connectivity index (χ1v) is 9.70. The summed E-state index contributed by atoms with van der Waals surface area (Å²) in [6.45, 7) is 7.06. The molecule has 1 aromatic carbocycles. The zero-order chi connectivity index (χ0) is 20.0. The highest BCUT2D eigenvalue weighted by Crippen LogP contribution is 2.19. The van der Waals surface area contributed by atoms with E-state index in [1.165, 1.54) is 0 Å². The molecule has 3 amide bonds. The fraction of sp³-hybridized carbons (Fsp3) is 0.571. The Bertz CT molecular complexity index is 679. The molecule has 1 saturated heterocycles. The molecule has 0 bridgehead atoms. The monoisotopic (exact) mass is 373 g/mol. The van der Waals surface area contributed by atoms with Crippen LogP contribution < -0.4 is 10.6 Å². The van der Waals surface area contributed by atoms with Gasteiger partial charge in [0, 0.05) is 31.6 Å². The number of rotatable bonds is 6. The summed E-state index contributed by atoms with van der Waals surface area (Å²) < 4.78 is 0. The number of nitrogens with zero attached hydrogens (tertiary/aromatic N) is 1. The van der Waals surface area contributed by atoms with E-state index in [1.807, 2.05) is 39.0 Å². The van der Waals surface area contributed by atoms with Crippen molar-refractivity contribution < 1.29 is 14.4 Å². The molecule has 0 aromatic heterocycles. The molecular weight excluding hydrogens is 342 g/mol.